The summed E-state index contributed by atoms with van der Waals surface area (Å²) in [5, 5.41) is 6.17. The molecule has 2 aromatic rings. The van der Waals surface area contributed by atoms with Gasteiger partial charge in [0, 0.05) is 18.7 Å². The van der Waals surface area contributed by atoms with Gasteiger partial charge in [-0.3, -0.25) is 4.79 Å². The van der Waals surface area contributed by atoms with Gasteiger partial charge in [0.2, 0.25) is 5.89 Å². The SMILES string of the molecule is Cc1cnc(C(C)NC(=O)c2ccc3c(c2)CNC3)o1.Cl. The Bertz CT molecular complexity index is 654. The van der Waals surface area contributed by atoms with E-state index >= 15 is 0 Å². The molecule has 0 saturated carbocycles. The second kappa shape index (κ2) is 6.28. The zero-order valence-corrected chi connectivity index (χ0v) is 12.8. The Morgan fingerprint density at radius 2 is 2.14 bits per heavy atom. The highest BCUT2D eigenvalue weighted by Crippen LogP contribution is 2.18. The van der Waals surface area contributed by atoms with Crippen molar-refractivity contribution in [3.05, 3.63) is 52.7 Å². The summed E-state index contributed by atoms with van der Waals surface area (Å²) >= 11 is 0. The average molecular weight is 308 g/mol. The van der Waals surface area contributed by atoms with Crippen molar-refractivity contribution >= 4 is 18.3 Å². The molecule has 1 aliphatic rings. The lowest BCUT2D eigenvalue weighted by Gasteiger charge is -2.11. The second-order valence-electron chi connectivity index (χ2n) is 5.09. The van der Waals surface area contributed by atoms with Gasteiger partial charge in [-0.05, 0) is 37.1 Å². The molecule has 0 saturated heterocycles. The molecule has 1 aliphatic heterocycles. The molecular weight excluding hydrogens is 290 g/mol. The van der Waals surface area contributed by atoms with Crippen LogP contribution in [0.25, 0.3) is 0 Å². The van der Waals surface area contributed by atoms with Crippen LogP contribution < -0.4 is 10.6 Å². The Morgan fingerprint density at radius 1 is 1.38 bits per heavy atom. The van der Waals surface area contributed by atoms with Gasteiger partial charge in [-0.2, -0.15) is 0 Å². The lowest BCUT2D eigenvalue weighted by Crippen LogP contribution is -2.26. The Morgan fingerprint density at radius 3 is 2.86 bits per heavy atom. The molecule has 2 N–H and O–H groups in total. The van der Waals surface area contributed by atoms with Crippen LogP contribution in [0.2, 0.25) is 0 Å². The molecule has 1 aromatic carbocycles. The van der Waals surface area contributed by atoms with Gasteiger partial charge >= 0.3 is 0 Å². The van der Waals surface area contributed by atoms with Crippen LogP contribution in [0, 0.1) is 6.92 Å². The number of benzene rings is 1. The molecule has 2 heterocycles. The number of amides is 1. The summed E-state index contributed by atoms with van der Waals surface area (Å²) < 4.78 is 5.42. The molecule has 0 bridgehead atoms. The fourth-order valence-corrected chi connectivity index (χ4v) is 2.35. The van der Waals surface area contributed by atoms with Crippen LogP contribution in [0.3, 0.4) is 0 Å². The molecule has 1 atom stereocenters. The van der Waals surface area contributed by atoms with E-state index in [1.54, 1.807) is 6.20 Å². The predicted molar refractivity (Wildman–Crippen MR) is 81.4 cm³/mol. The largest absolute Gasteiger partial charge is 0.444 e. The summed E-state index contributed by atoms with van der Waals surface area (Å²) in [6.07, 6.45) is 1.65. The van der Waals surface area contributed by atoms with Crippen LogP contribution in [0.4, 0.5) is 0 Å². The van der Waals surface area contributed by atoms with E-state index < -0.39 is 0 Å². The Kier molecular flexibility index (Phi) is 4.65. The lowest BCUT2D eigenvalue weighted by molar-refractivity contribution is 0.0934. The van der Waals surface area contributed by atoms with Crippen LogP contribution in [-0.4, -0.2) is 10.9 Å². The van der Waals surface area contributed by atoms with E-state index in [9.17, 15) is 4.79 Å². The first-order valence-electron chi connectivity index (χ1n) is 6.69. The molecule has 0 spiro atoms. The first-order valence-corrected chi connectivity index (χ1v) is 6.69. The third-order valence-corrected chi connectivity index (χ3v) is 3.46. The highest BCUT2D eigenvalue weighted by Gasteiger charge is 2.17. The summed E-state index contributed by atoms with van der Waals surface area (Å²) in [6.45, 7) is 5.39. The predicted octanol–water partition coefficient (Wildman–Crippen LogP) is 2.50. The fourth-order valence-electron chi connectivity index (χ4n) is 2.35. The zero-order chi connectivity index (χ0) is 14.1. The van der Waals surface area contributed by atoms with E-state index in [2.05, 4.69) is 15.6 Å². The molecule has 112 valence electrons. The molecule has 1 amide bonds. The van der Waals surface area contributed by atoms with Crippen LogP contribution >= 0.6 is 12.4 Å². The monoisotopic (exact) mass is 307 g/mol. The standard InChI is InChI=1S/C15H17N3O2.ClH/c1-9-6-17-15(20-9)10(2)18-14(19)11-3-4-12-7-16-8-13(12)5-11;/h3-6,10,16H,7-8H2,1-2H3,(H,18,19);1H. The molecule has 21 heavy (non-hydrogen) atoms. The van der Waals surface area contributed by atoms with Crippen LogP contribution in [0.1, 0.15) is 46.1 Å². The zero-order valence-electron chi connectivity index (χ0n) is 12.0. The number of nitrogens with one attached hydrogen (secondary N) is 2. The van der Waals surface area contributed by atoms with Crippen molar-refractivity contribution in [3.8, 4) is 0 Å². The number of fused-ring (bicyclic) bond motifs is 1. The van der Waals surface area contributed by atoms with Gasteiger partial charge in [0.1, 0.15) is 11.8 Å². The molecule has 1 aromatic heterocycles. The van der Waals surface area contributed by atoms with Crippen molar-refractivity contribution in [1.29, 1.82) is 0 Å². The summed E-state index contributed by atoms with van der Waals surface area (Å²) in [4.78, 5) is 16.4. The smallest absolute Gasteiger partial charge is 0.251 e. The molecule has 6 heteroatoms. The maximum absolute atomic E-state index is 12.2. The Hall–Kier alpha value is -1.85. The number of halogens is 1. The number of carbonyl (C=O) groups is 1. The molecular formula is C15H18ClN3O2. The average Bonchev–Trinajstić information content (AvgIpc) is 3.05. The van der Waals surface area contributed by atoms with Crippen molar-refractivity contribution in [3.63, 3.8) is 0 Å². The van der Waals surface area contributed by atoms with Gasteiger partial charge in [-0.15, -0.1) is 12.4 Å². The number of hydrogen-bond acceptors (Lipinski definition) is 4. The minimum Gasteiger partial charge on any atom is -0.444 e. The van der Waals surface area contributed by atoms with E-state index in [-0.39, 0.29) is 24.4 Å². The summed E-state index contributed by atoms with van der Waals surface area (Å²) in [7, 11) is 0. The summed E-state index contributed by atoms with van der Waals surface area (Å²) in [5.74, 6) is 1.16. The topological polar surface area (TPSA) is 67.2 Å². The first-order chi connectivity index (χ1) is 9.63. The van der Waals surface area contributed by atoms with Gasteiger partial charge in [0.15, 0.2) is 0 Å². The number of oxazole rings is 1. The third-order valence-electron chi connectivity index (χ3n) is 3.46. The van der Waals surface area contributed by atoms with E-state index in [0.29, 0.717) is 11.5 Å². The van der Waals surface area contributed by atoms with Crippen molar-refractivity contribution in [2.75, 3.05) is 0 Å². The highest BCUT2D eigenvalue weighted by atomic mass is 35.5. The molecule has 0 fully saturated rings. The Balaban J connectivity index is 0.00000161. The number of carbonyl (C=O) groups excluding carboxylic acids is 1. The van der Waals surface area contributed by atoms with Gasteiger partial charge in [0.25, 0.3) is 5.91 Å². The molecule has 0 aliphatic carbocycles. The number of aromatic nitrogens is 1. The lowest BCUT2D eigenvalue weighted by atomic mass is 10.1. The van der Waals surface area contributed by atoms with E-state index in [0.717, 1.165) is 18.8 Å². The van der Waals surface area contributed by atoms with Crippen LogP contribution in [-0.2, 0) is 13.1 Å². The molecule has 3 rings (SSSR count). The molecule has 1 unspecified atom stereocenters. The van der Waals surface area contributed by atoms with Crippen molar-refractivity contribution < 1.29 is 9.21 Å². The van der Waals surface area contributed by atoms with Crippen molar-refractivity contribution in [2.24, 2.45) is 0 Å². The van der Waals surface area contributed by atoms with Crippen molar-refractivity contribution in [2.45, 2.75) is 33.0 Å². The normalized spacial score (nSPS) is 14.2. The van der Waals surface area contributed by atoms with Gasteiger partial charge in [0.05, 0.1) is 6.20 Å². The van der Waals surface area contributed by atoms with Gasteiger partial charge < -0.3 is 15.1 Å². The quantitative estimate of drug-likeness (QED) is 0.914. The van der Waals surface area contributed by atoms with Gasteiger partial charge in [-0.1, -0.05) is 6.07 Å². The summed E-state index contributed by atoms with van der Waals surface area (Å²) in [6, 6.07) is 5.56. The highest BCUT2D eigenvalue weighted by molar-refractivity contribution is 5.94. The Labute approximate surface area is 129 Å². The molecule has 5 nitrogen and oxygen atoms in total. The number of rotatable bonds is 3. The van der Waals surface area contributed by atoms with Gasteiger partial charge in [-0.25, -0.2) is 4.98 Å². The second-order valence-corrected chi connectivity index (χ2v) is 5.09. The third kappa shape index (κ3) is 3.25. The number of hydrogen-bond donors (Lipinski definition) is 2. The van der Waals surface area contributed by atoms with Crippen molar-refractivity contribution in [1.82, 2.24) is 15.6 Å². The van der Waals surface area contributed by atoms with E-state index in [4.69, 9.17) is 4.42 Å². The fraction of sp³-hybridized carbons (Fsp3) is 0.333. The minimum atomic E-state index is -0.248. The maximum atomic E-state index is 12.2. The van der Waals surface area contributed by atoms with E-state index in [1.165, 1.54) is 11.1 Å². The van der Waals surface area contributed by atoms with E-state index in [1.807, 2.05) is 32.0 Å². The minimum absolute atomic E-state index is 0. The first kappa shape index (κ1) is 15.5. The van der Waals surface area contributed by atoms with Crippen LogP contribution in [0.15, 0.2) is 28.8 Å². The number of aryl methyl sites for hydroxylation is 1. The van der Waals surface area contributed by atoms with Crippen LogP contribution in [0.5, 0.6) is 0 Å². The molecule has 0 radical (unpaired) electrons. The summed E-state index contributed by atoms with van der Waals surface area (Å²) in [5.41, 5.74) is 3.12. The maximum Gasteiger partial charge on any atom is 0.251 e. The number of nitrogens with zero attached hydrogens (tertiary/aromatic N) is 1.